The number of sulfonamides is 1. The second-order valence-electron chi connectivity index (χ2n) is 6.79. The quantitative estimate of drug-likeness (QED) is 0.633. The number of aromatic nitrogens is 1. The number of nitrogens with zero attached hydrogens (tertiary/aromatic N) is 3. The molecule has 1 aromatic heterocycles. The Morgan fingerprint density at radius 3 is 2.48 bits per heavy atom. The highest BCUT2D eigenvalue weighted by Crippen LogP contribution is 2.22. The summed E-state index contributed by atoms with van der Waals surface area (Å²) >= 11 is 1.24. The third-order valence-electron chi connectivity index (χ3n) is 4.96. The molecule has 2 heterocycles. The van der Waals surface area contributed by atoms with Gasteiger partial charge < -0.3 is 4.57 Å². The van der Waals surface area contributed by atoms with Gasteiger partial charge in [-0.1, -0.05) is 11.3 Å². The molecule has 29 heavy (non-hydrogen) atoms. The van der Waals surface area contributed by atoms with Crippen molar-refractivity contribution in [3.05, 3.63) is 58.6 Å². The molecule has 1 saturated heterocycles. The van der Waals surface area contributed by atoms with Crippen molar-refractivity contribution >= 4 is 37.5 Å². The lowest BCUT2D eigenvalue weighted by atomic mass is 10.2. The molecular weight excluding hydrogens is 413 g/mol. The Labute approximate surface area is 172 Å². The maximum absolute atomic E-state index is 13.5. The fourth-order valence-corrected chi connectivity index (χ4v) is 6.07. The van der Waals surface area contributed by atoms with E-state index in [9.17, 15) is 17.6 Å². The second-order valence-corrected chi connectivity index (χ2v) is 9.74. The Bertz CT molecular complexity index is 1240. The number of carbonyl (C=O) groups is 1. The van der Waals surface area contributed by atoms with Crippen LogP contribution in [0.3, 0.4) is 0 Å². The van der Waals surface area contributed by atoms with Crippen molar-refractivity contribution in [2.24, 2.45) is 4.99 Å². The van der Waals surface area contributed by atoms with E-state index < -0.39 is 15.9 Å². The summed E-state index contributed by atoms with van der Waals surface area (Å²) in [5.41, 5.74) is 1.12. The Kier molecular flexibility index (Phi) is 5.37. The van der Waals surface area contributed by atoms with Crippen LogP contribution in [0.5, 0.6) is 0 Å². The largest absolute Gasteiger partial charge is 0.317 e. The van der Waals surface area contributed by atoms with Crippen LogP contribution in [0.2, 0.25) is 0 Å². The highest BCUT2D eigenvalue weighted by atomic mass is 32.2. The van der Waals surface area contributed by atoms with Crippen LogP contribution in [-0.4, -0.2) is 36.3 Å². The molecular formula is C20H20FN3O3S2. The van der Waals surface area contributed by atoms with Crippen molar-refractivity contribution in [3.8, 4) is 0 Å². The maximum atomic E-state index is 13.5. The van der Waals surface area contributed by atoms with E-state index in [-0.39, 0.29) is 10.7 Å². The molecule has 1 aliphatic rings. The molecule has 0 N–H and O–H groups in total. The number of aryl methyl sites for hydroxylation is 1. The van der Waals surface area contributed by atoms with E-state index in [2.05, 4.69) is 4.99 Å². The number of carbonyl (C=O) groups excluding carboxylic acids is 1. The zero-order valence-electron chi connectivity index (χ0n) is 15.8. The molecule has 0 spiro atoms. The van der Waals surface area contributed by atoms with Crippen LogP contribution in [0.15, 0.2) is 52.4 Å². The number of hydrogen-bond donors (Lipinski definition) is 0. The molecule has 0 aliphatic carbocycles. The van der Waals surface area contributed by atoms with E-state index in [1.165, 1.54) is 52.0 Å². The zero-order valence-corrected chi connectivity index (χ0v) is 17.5. The van der Waals surface area contributed by atoms with Gasteiger partial charge in [0.2, 0.25) is 10.0 Å². The van der Waals surface area contributed by atoms with Gasteiger partial charge in [-0.25, -0.2) is 12.8 Å². The minimum atomic E-state index is -3.52. The van der Waals surface area contributed by atoms with Crippen LogP contribution >= 0.6 is 11.3 Å². The van der Waals surface area contributed by atoms with Crippen LogP contribution in [0.1, 0.15) is 30.1 Å². The maximum Gasteiger partial charge on any atom is 0.279 e. The number of halogens is 1. The average molecular weight is 434 g/mol. The molecule has 1 fully saturated rings. The van der Waals surface area contributed by atoms with Crippen LogP contribution in [-0.2, 0) is 16.6 Å². The predicted octanol–water partition coefficient (Wildman–Crippen LogP) is 3.39. The number of hydrogen-bond acceptors (Lipinski definition) is 4. The third kappa shape index (κ3) is 3.77. The van der Waals surface area contributed by atoms with Gasteiger partial charge in [0.05, 0.1) is 15.1 Å². The van der Waals surface area contributed by atoms with E-state index in [0.29, 0.717) is 34.7 Å². The minimum Gasteiger partial charge on any atom is -0.317 e. The van der Waals surface area contributed by atoms with Gasteiger partial charge in [-0.2, -0.15) is 9.30 Å². The van der Waals surface area contributed by atoms with Gasteiger partial charge in [0, 0.05) is 25.2 Å². The molecule has 9 heteroatoms. The van der Waals surface area contributed by atoms with Crippen molar-refractivity contribution in [2.75, 3.05) is 13.1 Å². The highest BCUT2D eigenvalue weighted by Gasteiger charge is 2.27. The summed E-state index contributed by atoms with van der Waals surface area (Å²) in [5, 5.41) is 0. The predicted molar refractivity (Wildman–Crippen MR) is 110 cm³/mol. The molecule has 2 aromatic carbocycles. The number of fused-ring (bicyclic) bond motifs is 1. The first kappa shape index (κ1) is 19.9. The molecule has 3 aromatic rings. The number of amides is 1. The molecule has 6 nitrogen and oxygen atoms in total. The molecule has 0 radical (unpaired) electrons. The Balaban J connectivity index is 1.66. The van der Waals surface area contributed by atoms with Gasteiger partial charge in [0.15, 0.2) is 4.80 Å². The zero-order chi connectivity index (χ0) is 20.6. The van der Waals surface area contributed by atoms with Crippen LogP contribution in [0.4, 0.5) is 4.39 Å². The topological polar surface area (TPSA) is 71.7 Å². The van der Waals surface area contributed by atoms with Crippen molar-refractivity contribution < 1.29 is 17.6 Å². The molecule has 0 bridgehead atoms. The first-order valence-corrected chi connectivity index (χ1v) is 11.6. The molecule has 1 aliphatic heterocycles. The van der Waals surface area contributed by atoms with E-state index in [1.54, 1.807) is 6.07 Å². The Hall–Kier alpha value is -2.36. The monoisotopic (exact) mass is 433 g/mol. The number of thiazole rings is 1. The summed E-state index contributed by atoms with van der Waals surface area (Å²) in [7, 11) is -3.52. The van der Waals surface area contributed by atoms with Gasteiger partial charge in [0.25, 0.3) is 5.91 Å². The average Bonchev–Trinajstić information content (AvgIpc) is 3.35. The van der Waals surface area contributed by atoms with Crippen LogP contribution < -0.4 is 4.80 Å². The van der Waals surface area contributed by atoms with Gasteiger partial charge in [-0.05, 0) is 62.2 Å². The lowest BCUT2D eigenvalue weighted by Crippen LogP contribution is -2.27. The van der Waals surface area contributed by atoms with E-state index in [4.69, 9.17) is 0 Å². The van der Waals surface area contributed by atoms with Crippen LogP contribution in [0, 0.1) is 5.82 Å². The van der Waals surface area contributed by atoms with Gasteiger partial charge >= 0.3 is 0 Å². The van der Waals surface area contributed by atoms with Gasteiger partial charge in [-0.15, -0.1) is 0 Å². The van der Waals surface area contributed by atoms with Gasteiger partial charge in [-0.3, -0.25) is 4.79 Å². The first-order chi connectivity index (χ1) is 13.9. The minimum absolute atomic E-state index is 0.178. The summed E-state index contributed by atoms with van der Waals surface area (Å²) in [5.74, 6) is -0.806. The normalized spacial score (nSPS) is 16.0. The Morgan fingerprint density at radius 1 is 1.14 bits per heavy atom. The summed E-state index contributed by atoms with van der Waals surface area (Å²) in [4.78, 5) is 17.5. The van der Waals surface area contributed by atoms with Crippen molar-refractivity contribution in [1.29, 1.82) is 0 Å². The second kappa shape index (κ2) is 7.81. The third-order valence-corrected chi connectivity index (χ3v) is 7.92. The van der Waals surface area contributed by atoms with E-state index >= 15 is 0 Å². The van der Waals surface area contributed by atoms with Gasteiger partial charge in [0.1, 0.15) is 5.82 Å². The van der Waals surface area contributed by atoms with E-state index in [1.807, 2.05) is 11.5 Å². The summed E-state index contributed by atoms with van der Waals surface area (Å²) in [6.07, 6.45) is 1.73. The molecule has 152 valence electrons. The fraction of sp³-hybridized carbons (Fsp3) is 0.300. The van der Waals surface area contributed by atoms with Crippen molar-refractivity contribution in [2.45, 2.75) is 31.2 Å². The lowest BCUT2D eigenvalue weighted by molar-refractivity contribution is 0.0997. The number of benzene rings is 2. The molecule has 0 saturated carbocycles. The number of rotatable bonds is 4. The van der Waals surface area contributed by atoms with Crippen molar-refractivity contribution in [1.82, 2.24) is 8.87 Å². The van der Waals surface area contributed by atoms with E-state index in [0.717, 1.165) is 18.4 Å². The van der Waals surface area contributed by atoms with Crippen LogP contribution in [0.25, 0.3) is 10.2 Å². The molecule has 0 atom stereocenters. The summed E-state index contributed by atoms with van der Waals surface area (Å²) < 4.78 is 42.7. The Morgan fingerprint density at radius 2 is 1.83 bits per heavy atom. The summed E-state index contributed by atoms with van der Waals surface area (Å²) in [6.45, 7) is 3.57. The fourth-order valence-electron chi connectivity index (χ4n) is 3.44. The standard InChI is InChI=1S/C20H20FN3O3S2/c1-2-24-17-10-7-15(21)13-18(17)28-20(24)22-19(25)14-5-8-16(9-6-14)29(26,27)23-11-3-4-12-23/h5-10,13H,2-4,11-12H2,1H3. The lowest BCUT2D eigenvalue weighted by Gasteiger charge is -2.15. The highest BCUT2D eigenvalue weighted by molar-refractivity contribution is 7.89. The molecule has 0 unspecified atom stereocenters. The molecule has 1 amide bonds. The first-order valence-electron chi connectivity index (χ1n) is 9.38. The molecule has 4 rings (SSSR count). The smallest absolute Gasteiger partial charge is 0.279 e. The SMILES string of the molecule is CCn1c(=NC(=O)c2ccc(S(=O)(=O)N3CCCC3)cc2)sc2cc(F)ccc21. The summed E-state index contributed by atoms with van der Waals surface area (Å²) in [6, 6.07) is 10.3. The van der Waals surface area contributed by atoms with Crippen molar-refractivity contribution in [3.63, 3.8) is 0 Å².